The van der Waals surface area contributed by atoms with E-state index in [0.717, 1.165) is 0 Å². The lowest BCUT2D eigenvalue weighted by Gasteiger charge is -2.31. The molecular formula is C19H17Cl2NO4. The molecule has 2 aromatic rings. The number of hydrogen-bond acceptors (Lipinski definition) is 4. The molecule has 0 spiro atoms. The molecule has 0 fully saturated rings. The predicted molar refractivity (Wildman–Crippen MR) is 101 cm³/mol. The second kappa shape index (κ2) is 7.17. The summed E-state index contributed by atoms with van der Waals surface area (Å²) in [5.74, 6) is 0.441. The van der Waals surface area contributed by atoms with Crippen LogP contribution in [0.4, 0.5) is 5.69 Å². The minimum absolute atomic E-state index is 0.0192. The van der Waals surface area contributed by atoms with Crippen molar-refractivity contribution < 1.29 is 19.1 Å². The number of ether oxygens (including phenoxy) is 2. The Morgan fingerprint density at radius 3 is 2.77 bits per heavy atom. The van der Waals surface area contributed by atoms with Gasteiger partial charge in [-0.2, -0.15) is 0 Å². The zero-order chi connectivity index (χ0) is 18.9. The summed E-state index contributed by atoms with van der Waals surface area (Å²) in [6.45, 7) is 3.48. The van der Waals surface area contributed by atoms with Crippen molar-refractivity contribution in [2.24, 2.45) is 0 Å². The van der Waals surface area contributed by atoms with E-state index in [0.29, 0.717) is 32.8 Å². The number of nitrogens with one attached hydrogen (secondary N) is 1. The van der Waals surface area contributed by atoms with E-state index in [2.05, 4.69) is 5.32 Å². The molecule has 0 saturated heterocycles. The summed E-state index contributed by atoms with van der Waals surface area (Å²) in [5, 5.41) is 3.51. The van der Waals surface area contributed by atoms with E-state index in [1.54, 1.807) is 30.3 Å². The highest BCUT2D eigenvalue weighted by Gasteiger charge is 2.32. The molecule has 0 radical (unpaired) electrons. The maximum absolute atomic E-state index is 12.3. The number of carbonyl (C=O) groups is 2. The molecule has 0 saturated carbocycles. The van der Waals surface area contributed by atoms with Crippen molar-refractivity contribution >= 4 is 40.6 Å². The summed E-state index contributed by atoms with van der Waals surface area (Å²) in [6, 6.07) is 9.72. The first kappa shape index (κ1) is 18.5. The van der Waals surface area contributed by atoms with Gasteiger partial charge in [-0.25, -0.2) is 0 Å². The average molecular weight is 394 g/mol. The van der Waals surface area contributed by atoms with E-state index >= 15 is 0 Å². The van der Waals surface area contributed by atoms with Gasteiger partial charge in [-0.3, -0.25) is 9.59 Å². The summed E-state index contributed by atoms with van der Waals surface area (Å²) < 4.78 is 11.2. The second-order valence-corrected chi connectivity index (χ2v) is 7.43. The lowest BCUT2D eigenvalue weighted by molar-refractivity contribution is -0.118. The molecule has 7 heteroatoms. The Labute approximate surface area is 161 Å². The van der Waals surface area contributed by atoms with Crippen LogP contribution in [0.15, 0.2) is 36.4 Å². The first-order valence-electron chi connectivity index (χ1n) is 7.97. The van der Waals surface area contributed by atoms with Crippen molar-refractivity contribution in [2.75, 3.05) is 11.9 Å². The number of Topliss-reactive ketones (excluding diaryl/α,β-unsaturated/α-hetero) is 1. The third kappa shape index (κ3) is 4.29. The molecule has 0 aliphatic carbocycles. The molecule has 0 bridgehead atoms. The number of carbonyl (C=O) groups excluding carboxylic acids is 2. The molecule has 0 atom stereocenters. The fraction of sp³-hybridized carbons (Fsp3) is 0.263. The minimum atomic E-state index is -0.529. The van der Waals surface area contributed by atoms with Gasteiger partial charge in [0.1, 0.15) is 17.1 Å². The smallest absolute Gasteiger partial charge is 0.262 e. The Morgan fingerprint density at radius 1 is 1.23 bits per heavy atom. The van der Waals surface area contributed by atoms with Gasteiger partial charge in [0.15, 0.2) is 12.4 Å². The molecule has 5 nitrogen and oxygen atoms in total. The first-order valence-corrected chi connectivity index (χ1v) is 8.73. The molecule has 26 heavy (non-hydrogen) atoms. The van der Waals surface area contributed by atoms with Crippen LogP contribution in [0.1, 0.15) is 30.6 Å². The van der Waals surface area contributed by atoms with Crippen molar-refractivity contribution in [3.8, 4) is 11.5 Å². The van der Waals surface area contributed by atoms with Crippen molar-refractivity contribution in [1.82, 2.24) is 0 Å². The Morgan fingerprint density at radius 2 is 2.00 bits per heavy atom. The highest BCUT2D eigenvalue weighted by Crippen LogP contribution is 2.34. The largest absolute Gasteiger partial charge is 0.487 e. The van der Waals surface area contributed by atoms with E-state index in [9.17, 15) is 9.59 Å². The Balaban J connectivity index is 1.66. The molecule has 1 heterocycles. The van der Waals surface area contributed by atoms with Crippen LogP contribution >= 0.6 is 23.2 Å². The third-order valence-corrected chi connectivity index (χ3v) is 4.34. The second-order valence-electron chi connectivity index (χ2n) is 6.58. The van der Waals surface area contributed by atoms with Gasteiger partial charge in [-0.05, 0) is 44.2 Å². The van der Waals surface area contributed by atoms with Crippen molar-refractivity contribution in [1.29, 1.82) is 0 Å². The summed E-state index contributed by atoms with van der Waals surface area (Å²) >= 11 is 11.9. The number of benzene rings is 2. The summed E-state index contributed by atoms with van der Waals surface area (Å²) in [4.78, 5) is 24.4. The Kier molecular flexibility index (Phi) is 5.12. The first-order chi connectivity index (χ1) is 12.2. The van der Waals surface area contributed by atoms with Crippen LogP contribution in [0, 0.1) is 0 Å². The topological polar surface area (TPSA) is 64.6 Å². The fourth-order valence-electron chi connectivity index (χ4n) is 2.66. The van der Waals surface area contributed by atoms with Gasteiger partial charge in [-0.15, -0.1) is 0 Å². The van der Waals surface area contributed by atoms with Crippen LogP contribution in [0.3, 0.4) is 0 Å². The lowest BCUT2D eigenvalue weighted by atomic mass is 9.93. The maximum Gasteiger partial charge on any atom is 0.262 e. The van der Waals surface area contributed by atoms with Crippen LogP contribution < -0.4 is 14.8 Å². The molecule has 2 aromatic carbocycles. The summed E-state index contributed by atoms with van der Waals surface area (Å²) in [5.41, 5.74) is 0.422. The SMILES string of the molecule is CC1(C)CC(=O)c2cc(NC(=O)COc3cc(Cl)ccc3Cl)ccc2O1. The molecule has 3 rings (SSSR count). The van der Waals surface area contributed by atoms with Crippen molar-refractivity contribution in [3.63, 3.8) is 0 Å². The van der Waals surface area contributed by atoms with E-state index in [1.807, 2.05) is 13.8 Å². The van der Waals surface area contributed by atoms with Crippen molar-refractivity contribution in [3.05, 3.63) is 52.0 Å². The van der Waals surface area contributed by atoms with Crippen LogP contribution in [0.5, 0.6) is 11.5 Å². The van der Waals surface area contributed by atoms with Gasteiger partial charge in [0.2, 0.25) is 0 Å². The molecular weight excluding hydrogens is 377 g/mol. The van der Waals surface area contributed by atoms with Crippen molar-refractivity contribution in [2.45, 2.75) is 25.9 Å². The quantitative estimate of drug-likeness (QED) is 0.813. The van der Waals surface area contributed by atoms with E-state index < -0.39 is 5.60 Å². The average Bonchev–Trinajstić information content (AvgIpc) is 2.55. The van der Waals surface area contributed by atoms with Crippen LogP contribution in [-0.4, -0.2) is 23.9 Å². The molecule has 1 aliphatic rings. The molecule has 1 amide bonds. The highest BCUT2D eigenvalue weighted by atomic mass is 35.5. The van der Waals surface area contributed by atoms with Crippen LogP contribution in [0.25, 0.3) is 0 Å². The molecule has 0 unspecified atom stereocenters. The lowest BCUT2D eigenvalue weighted by Crippen LogP contribution is -2.35. The molecule has 1 N–H and O–H groups in total. The predicted octanol–water partition coefficient (Wildman–Crippen LogP) is 4.75. The summed E-state index contributed by atoms with van der Waals surface area (Å²) in [7, 11) is 0. The number of rotatable bonds is 4. The summed E-state index contributed by atoms with van der Waals surface area (Å²) in [6.07, 6.45) is 0.285. The molecule has 136 valence electrons. The standard InChI is InChI=1S/C19H17Cl2NO4/c1-19(2)9-15(23)13-8-12(4-6-16(13)26-19)22-18(24)10-25-17-7-11(20)3-5-14(17)21/h3-8H,9-10H2,1-2H3,(H,22,24). The van der Waals surface area contributed by atoms with Crippen LogP contribution in [-0.2, 0) is 4.79 Å². The fourth-order valence-corrected chi connectivity index (χ4v) is 2.99. The maximum atomic E-state index is 12.3. The van der Waals surface area contributed by atoms with E-state index in [1.165, 1.54) is 6.07 Å². The number of hydrogen-bond donors (Lipinski definition) is 1. The van der Waals surface area contributed by atoms with E-state index in [-0.39, 0.29) is 24.7 Å². The van der Waals surface area contributed by atoms with E-state index in [4.69, 9.17) is 32.7 Å². The van der Waals surface area contributed by atoms with Gasteiger partial charge in [0.05, 0.1) is 17.0 Å². The van der Waals surface area contributed by atoms with Gasteiger partial charge in [0.25, 0.3) is 5.91 Å². The Hall–Kier alpha value is -2.24. The van der Waals surface area contributed by atoms with Gasteiger partial charge >= 0.3 is 0 Å². The van der Waals surface area contributed by atoms with Gasteiger partial charge in [0, 0.05) is 16.8 Å². The number of fused-ring (bicyclic) bond motifs is 1. The number of halogens is 2. The molecule has 0 aromatic heterocycles. The normalized spacial score (nSPS) is 15.0. The number of anilines is 1. The van der Waals surface area contributed by atoms with Gasteiger partial charge < -0.3 is 14.8 Å². The number of ketones is 1. The van der Waals surface area contributed by atoms with Crippen LogP contribution in [0.2, 0.25) is 10.0 Å². The Bertz CT molecular complexity index is 880. The monoisotopic (exact) mass is 393 g/mol. The molecule has 1 aliphatic heterocycles. The van der Waals surface area contributed by atoms with Gasteiger partial charge in [-0.1, -0.05) is 23.2 Å². The highest BCUT2D eigenvalue weighted by molar-refractivity contribution is 6.34. The third-order valence-electron chi connectivity index (χ3n) is 3.79. The minimum Gasteiger partial charge on any atom is -0.487 e. The zero-order valence-electron chi connectivity index (χ0n) is 14.3. The zero-order valence-corrected chi connectivity index (χ0v) is 15.8. The number of amides is 1.